The van der Waals surface area contributed by atoms with Crippen molar-refractivity contribution >= 4 is 15.9 Å². The predicted molar refractivity (Wildman–Crippen MR) is 91.7 cm³/mol. The molecular formula is C17H28BrNO2. The van der Waals surface area contributed by atoms with Crippen molar-refractivity contribution in [3.8, 4) is 0 Å². The molecule has 0 aliphatic heterocycles. The minimum Gasteiger partial charge on any atom is -0.379 e. The van der Waals surface area contributed by atoms with E-state index in [1.54, 1.807) is 0 Å². The van der Waals surface area contributed by atoms with E-state index in [-0.39, 0.29) is 11.6 Å². The van der Waals surface area contributed by atoms with Gasteiger partial charge in [-0.05, 0) is 44.9 Å². The largest absolute Gasteiger partial charge is 0.379 e. The van der Waals surface area contributed by atoms with E-state index in [4.69, 9.17) is 9.47 Å². The van der Waals surface area contributed by atoms with Crippen LogP contribution in [0.2, 0.25) is 0 Å². The normalized spacial score (nSPS) is 13.4. The molecule has 0 bridgehead atoms. The fourth-order valence-corrected chi connectivity index (χ4v) is 2.29. The Bertz CT molecular complexity index is 404. The Morgan fingerprint density at radius 3 is 2.57 bits per heavy atom. The summed E-state index contributed by atoms with van der Waals surface area (Å²) in [4.78, 5) is 0. The van der Waals surface area contributed by atoms with Crippen LogP contribution in [0.4, 0.5) is 0 Å². The first-order valence-corrected chi connectivity index (χ1v) is 8.41. The van der Waals surface area contributed by atoms with E-state index >= 15 is 0 Å². The first kappa shape index (κ1) is 18.6. The zero-order valence-corrected chi connectivity index (χ0v) is 15.2. The lowest BCUT2D eigenvalue weighted by molar-refractivity contribution is 0.00206. The maximum Gasteiger partial charge on any atom is 0.0950 e. The fourth-order valence-electron chi connectivity index (χ4n) is 1.87. The van der Waals surface area contributed by atoms with Gasteiger partial charge in [0.2, 0.25) is 0 Å². The second-order valence-corrected chi connectivity index (χ2v) is 7.07. The molecule has 4 heteroatoms. The molecule has 1 unspecified atom stereocenters. The summed E-state index contributed by atoms with van der Waals surface area (Å²) in [6.07, 6.45) is 1.08. The van der Waals surface area contributed by atoms with Gasteiger partial charge in [-0.3, -0.25) is 0 Å². The Morgan fingerprint density at radius 1 is 1.19 bits per heavy atom. The van der Waals surface area contributed by atoms with E-state index in [1.807, 2.05) is 12.1 Å². The number of nitrogens with one attached hydrogen (secondary N) is 1. The molecule has 1 N–H and O–H groups in total. The molecule has 1 aromatic rings. The average molecular weight is 358 g/mol. The van der Waals surface area contributed by atoms with Crippen molar-refractivity contribution in [3.05, 3.63) is 34.3 Å². The van der Waals surface area contributed by atoms with Crippen LogP contribution in [0.5, 0.6) is 0 Å². The van der Waals surface area contributed by atoms with Crippen LogP contribution < -0.4 is 5.32 Å². The van der Waals surface area contributed by atoms with Crippen molar-refractivity contribution in [1.29, 1.82) is 0 Å². The number of rotatable bonds is 9. The number of hydrogen-bond donors (Lipinski definition) is 1. The number of hydrogen-bond acceptors (Lipinski definition) is 3. The number of ether oxygens (including phenoxy) is 2. The third kappa shape index (κ3) is 8.57. The van der Waals surface area contributed by atoms with Gasteiger partial charge in [0.05, 0.1) is 19.3 Å². The third-order valence-corrected chi connectivity index (χ3v) is 3.43. The Morgan fingerprint density at radius 2 is 1.95 bits per heavy atom. The van der Waals surface area contributed by atoms with Crippen LogP contribution in [0.25, 0.3) is 0 Å². The summed E-state index contributed by atoms with van der Waals surface area (Å²) in [7, 11) is 0. The summed E-state index contributed by atoms with van der Waals surface area (Å²) in [5, 5.41) is 3.51. The smallest absolute Gasteiger partial charge is 0.0950 e. The maximum atomic E-state index is 6.02. The minimum atomic E-state index is 0.0342. The first-order chi connectivity index (χ1) is 9.92. The fraction of sp³-hybridized carbons (Fsp3) is 0.647. The molecule has 0 amide bonds. The molecule has 1 atom stereocenters. The van der Waals surface area contributed by atoms with Gasteiger partial charge in [0, 0.05) is 23.2 Å². The molecule has 0 spiro atoms. The van der Waals surface area contributed by atoms with E-state index in [1.165, 1.54) is 5.56 Å². The summed E-state index contributed by atoms with van der Waals surface area (Å²) in [6.45, 7) is 11.4. The number of benzene rings is 1. The van der Waals surface area contributed by atoms with E-state index in [0.717, 1.165) is 24.0 Å². The first-order valence-electron chi connectivity index (χ1n) is 7.62. The zero-order valence-electron chi connectivity index (χ0n) is 13.6. The highest BCUT2D eigenvalue weighted by molar-refractivity contribution is 9.10. The van der Waals surface area contributed by atoms with Gasteiger partial charge in [0.15, 0.2) is 0 Å². The highest BCUT2D eigenvalue weighted by Crippen LogP contribution is 2.21. The van der Waals surface area contributed by atoms with E-state index in [9.17, 15) is 0 Å². The van der Waals surface area contributed by atoms with Crippen LogP contribution in [0.1, 0.15) is 45.8 Å². The highest BCUT2D eigenvalue weighted by atomic mass is 79.9. The average Bonchev–Trinajstić information content (AvgIpc) is 2.40. The molecule has 3 nitrogen and oxygen atoms in total. The monoisotopic (exact) mass is 357 g/mol. The van der Waals surface area contributed by atoms with Gasteiger partial charge in [-0.1, -0.05) is 35.0 Å². The van der Waals surface area contributed by atoms with Crippen molar-refractivity contribution in [3.63, 3.8) is 0 Å². The molecule has 0 aliphatic carbocycles. The molecule has 0 fully saturated rings. The van der Waals surface area contributed by atoms with Crippen LogP contribution in [0.3, 0.4) is 0 Å². The summed E-state index contributed by atoms with van der Waals surface area (Å²) in [5.74, 6) is 0. The maximum absolute atomic E-state index is 6.02. The standard InChI is InChI=1S/C17H28BrNO2/c1-5-9-20-10-11-21-16(13-19-17(2,3)4)14-7-6-8-15(18)12-14/h6-8,12,16,19H,5,9-11,13H2,1-4H3. The van der Waals surface area contributed by atoms with Crippen molar-refractivity contribution in [2.75, 3.05) is 26.4 Å². The van der Waals surface area contributed by atoms with Gasteiger partial charge in [-0.25, -0.2) is 0 Å². The van der Waals surface area contributed by atoms with Crippen molar-refractivity contribution in [2.45, 2.75) is 45.8 Å². The third-order valence-electron chi connectivity index (χ3n) is 2.93. The lowest BCUT2D eigenvalue weighted by Crippen LogP contribution is -2.39. The Kier molecular flexibility index (Phi) is 8.49. The number of halogens is 1. The molecule has 0 aliphatic rings. The van der Waals surface area contributed by atoms with E-state index in [2.05, 4.69) is 61.1 Å². The highest BCUT2D eigenvalue weighted by Gasteiger charge is 2.16. The summed E-state index contributed by atoms with van der Waals surface area (Å²) < 4.78 is 12.6. The van der Waals surface area contributed by atoms with Crippen LogP contribution >= 0.6 is 15.9 Å². The van der Waals surface area contributed by atoms with Gasteiger partial charge in [0.1, 0.15) is 0 Å². The van der Waals surface area contributed by atoms with Crippen LogP contribution in [-0.4, -0.2) is 31.9 Å². The zero-order chi connectivity index (χ0) is 15.7. The molecule has 21 heavy (non-hydrogen) atoms. The molecule has 0 saturated carbocycles. The van der Waals surface area contributed by atoms with Gasteiger partial charge in [-0.15, -0.1) is 0 Å². The van der Waals surface area contributed by atoms with Gasteiger partial charge < -0.3 is 14.8 Å². The second-order valence-electron chi connectivity index (χ2n) is 6.16. The molecular weight excluding hydrogens is 330 g/mol. The molecule has 120 valence electrons. The van der Waals surface area contributed by atoms with Crippen molar-refractivity contribution in [1.82, 2.24) is 5.32 Å². The molecule has 0 aromatic heterocycles. The molecule has 0 saturated heterocycles. The summed E-state index contributed by atoms with van der Waals surface area (Å²) in [6, 6.07) is 8.29. The lowest BCUT2D eigenvalue weighted by atomic mass is 10.1. The lowest BCUT2D eigenvalue weighted by Gasteiger charge is -2.26. The Balaban J connectivity index is 2.57. The van der Waals surface area contributed by atoms with Gasteiger partial charge in [0.25, 0.3) is 0 Å². The summed E-state index contributed by atoms with van der Waals surface area (Å²) in [5.41, 5.74) is 1.25. The Labute approximate surface area is 137 Å². The van der Waals surface area contributed by atoms with Crippen molar-refractivity contribution < 1.29 is 9.47 Å². The molecule has 1 aromatic carbocycles. The quantitative estimate of drug-likeness (QED) is 0.667. The topological polar surface area (TPSA) is 30.5 Å². The van der Waals surface area contributed by atoms with Gasteiger partial charge >= 0.3 is 0 Å². The minimum absolute atomic E-state index is 0.0342. The van der Waals surface area contributed by atoms with Crippen LogP contribution in [0.15, 0.2) is 28.7 Å². The van der Waals surface area contributed by atoms with Crippen LogP contribution in [0, 0.1) is 0 Å². The van der Waals surface area contributed by atoms with Crippen LogP contribution in [-0.2, 0) is 9.47 Å². The second kappa shape index (κ2) is 9.57. The van der Waals surface area contributed by atoms with E-state index in [0.29, 0.717) is 13.2 Å². The SMILES string of the molecule is CCCOCCOC(CNC(C)(C)C)c1cccc(Br)c1. The predicted octanol–water partition coefficient (Wildman–Crippen LogP) is 4.32. The molecule has 0 heterocycles. The van der Waals surface area contributed by atoms with E-state index < -0.39 is 0 Å². The van der Waals surface area contributed by atoms with Crippen molar-refractivity contribution in [2.24, 2.45) is 0 Å². The van der Waals surface area contributed by atoms with Gasteiger partial charge in [-0.2, -0.15) is 0 Å². The molecule has 0 radical (unpaired) electrons. The molecule has 1 rings (SSSR count). The summed E-state index contributed by atoms with van der Waals surface area (Å²) >= 11 is 3.52. The Hall–Kier alpha value is -0.420.